The number of nitrogens with zero attached hydrogens (tertiary/aromatic N) is 2. The van der Waals surface area contributed by atoms with Crippen LogP contribution in [-0.2, 0) is 7.05 Å². The van der Waals surface area contributed by atoms with Crippen LogP contribution >= 0.6 is 0 Å². The lowest BCUT2D eigenvalue weighted by Crippen LogP contribution is -1.91. The highest BCUT2D eigenvalue weighted by Gasteiger charge is 2.06. The predicted molar refractivity (Wildman–Crippen MR) is 45.1 cm³/mol. The van der Waals surface area contributed by atoms with E-state index in [0.717, 1.165) is 12.0 Å². The Bertz CT molecular complexity index is 267. The van der Waals surface area contributed by atoms with Gasteiger partial charge in [0.05, 0.1) is 6.20 Å². The van der Waals surface area contributed by atoms with Crippen molar-refractivity contribution in [3.63, 3.8) is 0 Å². The molecule has 0 saturated heterocycles. The monoisotopic (exact) mass is 148 g/mol. The summed E-state index contributed by atoms with van der Waals surface area (Å²) in [5, 5.41) is 4.05. The number of rotatable bonds is 2. The van der Waals surface area contributed by atoms with Crippen LogP contribution in [0.2, 0.25) is 0 Å². The second-order valence-electron chi connectivity index (χ2n) is 2.57. The Labute approximate surface area is 67.2 Å². The van der Waals surface area contributed by atoms with E-state index < -0.39 is 0 Å². The standard InChI is InChI=1S/C9H12N2/c1-4-8(5-2)9-6-10-11(3)7-9/h1,6-8H,5H2,2-3H3. The van der Waals surface area contributed by atoms with E-state index in [1.165, 1.54) is 0 Å². The van der Waals surface area contributed by atoms with Gasteiger partial charge in [-0.3, -0.25) is 4.68 Å². The third-order valence-electron chi connectivity index (χ3n) is 1.74. The molecule has 0 spiro atoms. The lowest BCUT2D eigenvalue weighted by Gasteiger charge is -2.01. The van der Waals surface area contributed by atoms with Gasteiger partial charge in [-0.2, -0.15) is 5.10 Å². The quantitative estimate of drug-likeness (QED) is 0.582. The first-order valence-corrected chi connectivity index (χ1v) is 3.72. The van der Waals surface area contributed by atoms with E-state index in [1.54, 1.807) is 4.68 Å². The lowest BCUT2D eigenvalue weighted by atomic mass is 10.0. The van der Waals surface area contributed by atoms with Crippen LogP contribution in [0.1, 0.15) is 24.8 Å². The summed E-state index contributed by atoms with van der Waals surface area (Å²) in [7, 11) is 1.90. The van der Waals surface area contributed by atoms with Gasteiger partial charge in [-0.15, -0.1) is 6.42 Å². The summed E-state index contributed by atoms with van der Waals surface area (Å²) >= 11 is 0. The molecule has 1 aromatic rings. The maximum Gasteiger partial charge on any atom is 0.0534 e. The summed E-state index contributed by atoms with van der Waals surface area (Å²) in [6, 6.07) is 0. The van der Waals surface area contributed by atoms with E-state index in [9.17, 15) is 0 Å². The van der Waals surface area contributed by atoms with Crippen molar-refractivity contribution in [2.45, 2.75) is 19.3 Å². The molecule has 0 amide bonds. The van der Waals surface area contributed by atoms with Gasteiger partial charge >= 0.3 is 0 Å². The topological polar surface area (TPSA) is 17.8 Å². The molecule has 1 rings (SSSR count). The van der Waals surface area contributed by atoms with Crippen molar-refractivity contribution < 1.29 is 0 Å². The van der Waals surface area contributed by atoms with E-state index in [4.69, 9.17) is 6.42 Å². The fourth-order valence-electron chi connectivity index (χ4n) is 1.07. The largest absolute Gasteiger partial charge is 0.275 e. The van der Waals surface area contributed by atoms with Gasteiger partial charge in [-0.05, 0) is 6.42 Å². The molecule has 2 nitrogen and oxygen atoms in total. The summed E-state index contributed by atoms with van der Waals surface area (Å²) in [6.07, 6.45) is 10.1. The number of hydrogen-bond donors (Lipinski definition) is 0. The zero-order valence-corrected chi connectivity index (χ0v) is 6.91. The molecule has 0 N–H and O–H groups in total. The molecule has 0 fully saturated rings. The van der Waals surface area contributed by atoms with Crippen LogP contribution in [0.5, 0.6) is 0 Å². The van der Waals surface area contributed by atoms with Gasteiger partial charge in [0, 0.05) is 24.7 Å². The van der Waals surface area contributed by atoms with Crippen molar-refractivity contribution in [2.24, 2.45) is 7.05 Å². The first kappa shape index (κ1) is 7.87. The molecule has 0 saturated carbocycles. The van der Waals surface area contributed by atoms with Gasteiger partial charge in [0.1, 0.15) is 0 Å². The highest BCUT2D eigenvalue weighted by Crippen LogP contribution is 2.16. The zero-order chi connectivity index (χ0) is 8.27. The summed E-state index contributed by atoms with van der Waals surface area (Å²) in [5.74, 6) is 2.95. The predicted octanol–water partition coefficient (Wildman–Crippen LogP) is 1.55. The molecule has 0 aliphatic heterocycles. The molecule has 0 aliphatic rings. The fraction of sp³-hybridized carbons (Fsp3) is 0.444. The van der Waals surface area contributed by atoms with Gasteiger partial charge in [-0.1, -0.05) is 12.8 Å². The van der Waals surface area contributed by atoms with Crippen molar-refractivity contribution >= 4 is 0 Å². The Morgan fingerprint density at radius 3 is 2.91 bits per heavy atom. The average Bonchev–Trinajstić information content (AvgIpc) is 2.39. The molecule has 1 unspecified atom stereocenters. The van der Waals surface area contributed by atoms with Gasteiger partial charge in [-0.25, -0.2) is 0 Å². The Morgan fingerprint density at radius 2 is 2.55 bits per heavy atom. The molecule has 0 bridgehead atoms. The minimum atomic E-state index is 0.226. The number of terminal acetylenes is 1. The molecular formula is C9H12N2. The van der Waals surface area contributed by atoms with E-state index in [1.807, 2.05) is 19.4 Å². The second kappa shape index (κ2) is 3.25. The summed E-state index contributed by atoms with van der Waals surface area (Å²) in [5.41, 5.74) is 1.14. The molecule has 11 heavy (non-hydrogen) atoms. The normalized spacial score (nSPS) is 12.5. The van der Waals surface area contributed by atoms with Gasteiger partial charge < -0.3 is 0 Å². The molecular weight excluding hydrogens is 136 g/mol. The zero-order valence-electron chi connectivity index (χ0n) is 6.91. The highest BCUT2D eigenvalue weighted by atomic mass is 15.2. The molecule has 1 atom stereocenters. The Hall–Kier alpha value is -1.23. The van der Waals surface area contributed by atoms with E-state index in [-0.39, 0.29) is 5.92 Å². The van der Waals surface area contributed by atoms with Crippen molar-refractivity contribution in [2.75, 3.05) is 0 Å². The first-order chi connectivity index (χ1) is 5.27. The minimum absolute atomic E-state index is 0.226. The maximum atomic E-state index is 5.34. The average molecular weight is 148 g/mol. The van der Waals surface area contributed by atoms with Crippen LogP contribution in [0, 0.1) is 12.3 Å². The van der Waals surface area contributed by atoms with Crippen LogP contribution in [0.3, 0.4) is 0 Å². The van der Waals surface area contributed by atoms with Crippen LogP contribution in [0.15, 0.2) is 12.4 Å². The van der Waals surface area contributed by atoms with Crippen LogP contribution in [0.4, 0.5) is 0 Å². The SMILES string of the molecule is C#CC(CC)c1cnn(C)c1. The van der Waals surface area contributed by atoms with Crippen LogP contribution < -0.4 is 0 Å². The van der Waals surface area contributed by atoms with E-state index >= 15 is 0 Å². The summed E-state index contributed by atoms with van der Waals surface area (Å²) < 4.78 is 1.77. The summed E-state index contributed by atoms with van der Waals surface area (Å²) in [4.78, 5) is 0. The van der Waals surface area contributed by atoms with Crippen molar-refractivity contribution in [3.05, 3.63) is 18.0 Å². The minimum Gasteiger partial charge on any atom is -0.275 e. The molecule has 0 radical (unpaired) electrons. The lowest BCUT2D eigenvalue weighted by molar-refractivity contribution is 0.764. The number of aryl methyl sites for hydroxylation is 1. The Kier molecular flexibility index (Phi) is 2.32. The Balaban J connectivity index is 2.84. The van der Waals surface area contributed by atoms with Gasteiger partial charge in [0.25, 0.3) is 0 Å². The van der Waals surface area contributed by atoms with Crippen molar-refractivity contribution in [1.82, 2.24) is 9.78 Å². The third kappa shape index (κ3) is 1.62. The van der Waals surface area contributed by atoms with Crippen LogP contribution in [-0.4, -0.2) is 9.78 Å². The molecule has 58 valence electrons. The molecule has 1 aromatic heterocycles. The van der Waals surface area contributed by atoms with E-state index in [2.05, 4.69) is 17.9 Å². The number of hydrogen-bond acceptors (Lipinski definition) is 1. The van der Waals surface area contributed by atoms with E-state index in [0.29, 0.717) is 0 Å². The Morgan fingerprint density at radius 1 is 1.82 bits per heavy atom. The maximum absolute atomic E-state index is 5.34. The number of aromatic nitrogens is 2. The molecule has 2 heteroatoms. The third-order valence-corrected chi connectivity index (χ3v) is 1.74. The summed E-state index contributed by atoms with van der Waals surface area (Å²) in [6.45, 7) is 2.08. The van der Waals surface area contributed by atoms with Gasteiger partial charge in [0.2, 0.25) is 0 Å². The van der Waals surface area contributed by atoms with Crippen molar-refractivity contribution in [1.29, 1.82) is 0 Å². The van der Waals surface area contributed by atoms with Gasteiger partial charge in [0.15, 0.2) is 0 Å². The molecule has 1 heterocycles. The van der Waals surface area contributed by atoms with Crippen molar-refractivity contribution in [3.8, 4) is 12.3 Å². The first-order valence-electron chi connectivity index (χ1n) is 3.72. The molecule has 0 aromatic carbocycles. The molecule has 0 aliphatic carbocycles. The highest BCUT2D eigenvalue weighted by molar-refractivity contribution is 5.20. The second-order valence-corrected chi connectivity index (χ2v) is 2.57. The smallest absolute Gasteiger partial charge is 0.0534 e. The van der Waals surface area contributed by atoms with Crippen LogP contribution in [0.25, 0.3) is 0 Å². The fourth-order valence-corrected chi connectivity index (χ4v) is 1.07.